The number of nitrogens with one attached hydrogen (secondary N) is 3. The number of guanidine groups is 1. The number of para-hydroxylation sites is 1. The Morgan fingerprint density at radius 2 is 1.88 bits per heavy atom. The molecular weight excluding hydrogens is 437 g/mol. The maximum Gasteiger partial charge on any atom is 0.191 e. The second-order valence-corrected chi connectivity index (χ2v) is 6.67. The highest BCUT2D eigenvalue weighted by Gasteiger charge is 2.19. The summed E-state index contributed by atoms with van der Waals surface area (Å²) in [5, 5.41) is 10.4. The van der Waals surface area contributed by atoms with Gasteiger partial charge in [0.15, 0.2) is 5.96 Å². The van der Waals surface area contributed by atoms with E-state index in [-0.39, 0.29) is 24.0 Å². The van der Waals surface area contributed by atoms with Crippen LogP contribution in [0.3, 0.4) is 0 Å². The van der Waals surface area contributed by atoms with E-state index in [1.54, 1.807) is 0 Å². The van der Waals surface area contributed by atoms with E-state index in [0.717, 1.165) is 32.0 Å². The van der Waals surface area contributed by atoms with E-state index in [2.05, 4.69) is 59.0 Å². The van der Waals surface area contributed by atoms with E-state index in [1.807, 2.05) is 6.07 Å². The number of hydrogen-bond acceptors (Lipinski definition) is 3. The van der Waals surface area contributed by atoms with Crippen LogP contribution in [0, 0.1) is 0 Å². The Morgan fingerprint density at radius 1 is 1.15 bits per heavy atom. The predicted octanol–water partition coefficient (Wildman–Crippen LogP) is 3.54. The smallest absolute Gasteiger partial charge is 0.191 e. The molecule has 3 N–H and O–H groups in total. The molecule has 0 radical (unpaired) electrons. The maximum absolute atomic E-state index is 4.73. The molecule has 1 saturated heterocycles. The van der Waals surface area contributed by atoms with Gasteiger partial charge >= 0.3 is 0 Å². The van der Waals surface area contributed by atoms with Crippen molar-refractivity contribution in [1.82, 2.24) is 15.5 Å². The lowest BCUT2D eigenvalue weighted by Gasteiger charge is -2.32. The van der Waals surface area contributed by atoms with Crippen LogP contribution in [0.15, 0.2) is 35.3 Å². The number of aliphatic imine (C=N–C) groups is 1. The third kappa shape index (κ3) is 9.07. The van der Waals surface area contributed by atoms with Gasteiger partial charge in [-0.15, -0.1) is 24.0 Å². The quantitative estimate of drug-likeness (QED) is 0.222. The zero-order chi connectivity index (χ0) is 17.7. The lowest BCUT2D eigenvalue weighted by atomic mass is 10.1. The molecule has 0 bridgehead atoms. The molecule has 0 unspecified atom stereocenters. The van der Waals surface area contributed by atoms with E-state index in [4.69, 9.17) is 4.99 Å². The molecule has 1 aromatic rings. The summed E-state index contributed by atoms with van der Waals surface area (Å²) in [6.07, 6.45) is 4.69. The molecule has 1 heterocycles. The number of likely N-dealkylation sites (tertiary alicyclic amines) is 1. The van der Waals surface area contributed by atoms with Crippen molar-refractivity contribution in [3.8, 4) is 0 Å². The van der Waals surface area contributed by atoms with Gasteiger partial charge in [-0.25, -0.2) is 0 Å². The molecule has 1 fully saturated rings. The van der Waals surface area contributed by atoms with Crippen molar-refractivity contribution in [2.75, 3.05) is 44.6 Å². The number of anilines is 1. The van der Waals surface area contributed by atoms with Crippen LogP contribution >= 0.6 is 24.0 Å². The summed E-state index contributed by atoms with van der Waals surface area (Å²) in [6, 6.07) is 10.9. The zero-order valence-electron chi connectivity index (χ0n) is 16.3. The number of rotatable bonds is 9. The van der Waals surface area contributed by atoms with Crippen LogP contribution < -0.4 is 16.0 Å². The van der Waals surface area contributed by atoms with Crippen LogP contribution in [0.5, 0.6) is 0 Å². The Hall–Kier alpha value is -1.02. The van der Waals surface area contributed by atoms with Gasteiger partial charge in [0.2, 0.25) is 0 Å². The highest BCUT2D eigenvalue weighted by molar-refractivity contribution is 14.0. The van der Waals surface area contributed by atoms with Crippen LogP contribution in [0.25, 0.3) is 0 Å². The van der Waals surface area contributed by atoms with Crippen molar-refractivity contribution >= 4 is 35.6 Å². The monoisotopic (exact) mass is 473 g/mol. The number of benzene rings is 1. The van der Waals surface area contributed by atoms with Gasteiger partial charge in [0, 0.05) is 44.5 Å². The molecule has 1 aliphatic rings. The molecule has 0 spiro atoms. The lowest BCUT2D eigenvalue weighted by molar-refractivity contribution is 0.206. The van der Waals surface area contributed by atoms with Crippen molar-refractivity contribution < 1.29 is 0 Å². The Morgan fingerprint density at radius 3 is 2.54 bits per heavy atom. The maximum atomic E-state index is 4.73. The molecule has 0 aromatic heterocycles. The van der Waals surface area contributed by atoms with Crippen molar-refractivity contribution in [3.05, 3.63) is 30.3 Å². The van der Waals surface area contributed by atoms with Crippen LogP contribution in [-0.2, 0) is 0 Å². The minimum atomic E-state index is 0. The summed E-state index contributed by atoms with van der Waals surface area (Å²) in [7, 11) is 0. The first-order chi connectivity index (χ1) is 12.3. The molecule has 2 rings (SSSR count). The summed E-state index contributed by atoms with van der Waals surface area (Å²) in [4.78, 5) is 7.30. The highest BCUT2D eigenvalue weighted by Crippen LogP contribution is 2.10. The van der Waals surface area contributed by atoms with E-state index in [0.29, 0.717) is 6.04 Å². The third-order valence-corrected chi connectivity index (χ3v) is 4.52. The summed E-state index contributed by atoms with van der Waals surface area (Å²) in [5.74, 6) is 0.969. The first-order valence-electron chi connectivity index (χ1n) is 9.88. The van der Waals surface area contributed by atoms with Crippen molar-refractivity contribution in [3.63, 3.8) is 0 Å². The van der Waals surface area contributed by atoms with Crippen LogP contribution in [0.4, 0.5) is 5.69 Å². The Labute approximate surface area is 176 Å². The standard InChI is InChI=1S/C20H35N5.HI/c1-3-15-25-16-11-19(12-17-25)24-20(21-4-2)23-14-8-13-22-18-9-6-5-7-10-18;/h5-7,9-10,19,22H,3-4,8,11-17H2,1-2H3,(H2,21,23,24);1H. The van der Waals surface area contributed by atoms with Gasteiger partial charge in [-0.1, -0.05) is 25.1 Å². The van der Waals surface area contributed by atoms with Gasteiger partial charge in [-0.2, -0.15) is 0 Å². The second kappa shape index (κ2) is 14.1. The summed E-state index contributed by atoms with van der Waals surface area (Å²) in [5.41, 5.74) is 1.18. The first-order valence-corrected chi connectivity index (χ1v) is 9.88. The van der Waals surface area contributed by atoms with Crippen LogP contribution in [-0.4, -0.2) is 56.2 Å². The molecule has 26 heavy (non-hydrogen) atoms. The van der Waals surface area contributed by atoms with E-state index in [9.17, 15) is 0 Å². The van der Waals surface area contributed by atoms with Gasteiger partial charge in [0.05, 0.1) is 0 Å². The average molecular weight is 473 g/mol. The third-order valence-electron chi connectivity index (χ3n) is 4.52. The summed E-state index contributed by atoms with van der Waals surface area (Å²) in [6.45, 7) is 10.7. The predicted molar refractivity (Wildman–Crippen MR) is 124 cm³/mol. The second-order valence-electron chi connectivity index (χ2n) is 6.67. The number of halogens is 1. The normalized spacial score (nSPS) is 16.0. The largest absolute Gasteiger partial charge is 0.385 e. The number of hydrogen-bond donors (Lipinski definition) is 3. The fraction of sp³-hybridized carbons (Fsp3) is 0.650. The SMILES string of the molecule is CCCN1CCC(NC(=NCCCNc2ccccc2)NCC)CC1.I. The topological polar surface area (TPSA) is 51.7 Å². The Kier molecular flexibility index (Phi) is 12.5. The molecule has 0 amide bonds. The molecule has 1 aromatic carbocycles. The first kappa shape index (κ1) is 23.0. The van der Waals surface area contributed by atoms with Gasteiger partial charge in [-0.05, 0) is 51.3 Å². The van der Waals surface area contributed by atoms with E-state index < -0.39 is 0 Å². The van der Waals surface area contributed by atoms with Crippen LogP contribution in [0.1, 0.15) is 39.5 Å². The minimum Gasteiger partial charge on any atom is -0.385 e. The number of piperidine rings is 1. The molecule has 0 saturated carbocycles. The molecular formula is C20H36IN5. The lowest BCUT2D eigenvalue weighted by Crippen LogP contribution is -2.48. The van der Waals surface area contributed by atoms with Crippen molar-refractivity contribution in [1.29, 1.82) is 0 Å². The average Bonchev–Trinajstić information content (AvgIpc) is 2.64. The zero-order valence-corrected chi connectivity index (χ0v) is 18.7. The molecule has 1 aliphatic heterocycles. The van der Waals surface area contributed by atoms with Gasteiger partial charge in [0.25, 0.3) is 0 Å². The molecule has 0 aliphatic carbocycles. The molecule has 6 heteroatoms. The van der Waals surface area contributed by atoms with E-state index >= 15 is 0 Å². The fourth-order valence-corrected chi connectivity index (χ4v) is 3.19. The van der Waals surface area contributed by atoms with Gasteiger partial charge < -0.3 is 20.9 Å². The van der Waals surface area contributed by atoms with Crippen LogP contribution in [0.2, 0.25) is 0 Å². The van der Waals surface area contributed by atoms with E-state index in [1.165, 1.54) is 44.6 Å². The summed E-state index contributed by atoms with van der Waals surface area (Å²) < 4.78 is 0. The fourth-order valence-electron chi connectivity index (χ4n) is 3.19. The number of nitrogens with zero attached hydrogens (tertiary/aromatic N) is 2. The van der Waals surface area contributed by atoms with Crippen molar-refractivity contribution in [2.45, 2.75) is 45.6 Å². The Balaban J connectivity index is 0.00000338. The Bertz CT molecular complexity index is 486. The van der Waals surface area contributed by atoms with Gasteiger partial charge in [0.1, 0.15) is 0 Å². The summed E-state index contributed by atoms with van der Waals surface area (Å²) >= 11 is 0. The van der Waals surface area contributed by atoms with Crippen molar-refractivity contribution in [2.24, 2.45) is 4.99 Å². The van der Waals surface area contributed by atoms with Gasteiger partial charge in [-0.3, -0.25) is 4.99 Å². The molecule has 0 atom stereocenters. The molecule has 5 nitrogen and oxygen atoms in total. The highest BCUT2D eigenvalue weighted by atomic mass is 127. The minimum absolute atomic E-state index is 0. The molecule has 148 valence electrons.